The molecule has 0 aliphatic heterocycles. The van der Waals surface area contributed by atoms with Crippen molar-refractivity contribution < 1.29 is 4.84 Å². The molecule has 0 N–H and O–H groups in total. The molecule has 78 valence electrons. The van der Waals surface area contributed by atoms with Crippen molar-refractivity contribution >= 4 is 0 Å². The minimum absolute atomic E-state index is 0.907. The van der Waals surface area contributed by atoms with Crippen LogP contribution in [0.4, 0.5) is 0 Å². The van der Waals surface area contributed by atoms with Crippen LogP contribution in [0.3, 0.4) is 0 Å². The number of rotatable bonds is 4. The van der Waals surface area contributed by atoms with Gasteiger partial charge >= 0.3 is 0 Å². The molecule has 1 aromatic rings. The number of nitrogens with zero attached hydrogens (tertiary/aromatic N) is 1. The molecule has 0 aromatic heterocycles. The minimum Gasteiger partial charge on any atom is -0.405 e. The van der Waals surface area contributed by atoms with E-state index in [0.717, 1.165) is 18.8 Å². The highest BCUT2D eigenvalue weighted by Crippen LogP contribution is 2.23. The zero-order chi connectivity index (χ0) is 10.6. The molecule has 2 heteroatoms. The zero-order valence-corrected chi connectivity index (χ0v) is 9.50. The number of aryl methyl sites for hydroxylation is 2. The molecule has 1 rings (SSSR count). The summed E-state index contributed by atoms with van der Waals surface area (Å²) in [5, 5.41) is 1.95. The minimum atomic E-state index is 0.907. The first-order chi connectivity index (χ1) is 6.69. The highest BCUT2D eigenvalue weighted by atomic mass is 16.7. The molecule has 0 unspecified atom stereocenters. The van der Waals surface area contributed by atoms with Gasteiger partial charge < -0.3 is 4.84 Å². The summed E-state index contributed by atoms with van der Waals surface area (Å²) in [6, 6.07) is 6.21. The van der Waals surface area contributed by atoms with Crippen LogP contribution in [0.5, 0.6) is 5.75 Å². The van der Waals surface area contributed by atoms with Crippen molar-refractivity contribution in [3.8, 4) is 5.75 Å². The van der Waals surface area contributed by atoms with Crippen molar-refractivity contribution in [1.29, 1.82) is 0 Å². The molecule has 0 saturated heterocycles. The first-order valence-corrected chi connectivity index (χ1v) is 5.18. The average Bonchev–Trinajstić information content (AvgIpc) is 2.18. The molecule has 2 nitrogen and oxygen atoms in total. The van der Waals surface area contributed by atoms with Crippen LogP contribution in [0.2, 0.25) is 0 Å². The molecule has 0 spiro atoms. The normalized spacial score (nSPS) is 10.6. The van der Waals surface area contributed by atoms with E-state index in [9.17, 15) is 0 Å². The zero-order valence-electron chi connectivity index (χ0n) is 9.50. The second-order valence-corrected chi connectivity index (χ2v) is 3.43. The van der Waals surface area contributed by atoms with Gasteiger partial charge in [0.2, 0.25) is 0 Å². The van der Waals surface area contributed by atoms with Crippen molar-refractivity contribution in [2.24, 2.45) is 0 Å². The van der Waals surface area contributed by atoms with E-state index >= 15 is 0 Å². The molecule has 0 saturated carbocycles. The van der Waals surface area contributed by atoms with Crippen LogP contribution in [0.1, 0.15) is 25.0 Å². The molecule has 0 heterocycles. The van der Waals surface area contributed by atoms with E-state index in [-0.39, 0.29) is 0 Å². The van der Waals surface area contributed by atoms with Crippen LogP contribution in [-0.2, 0) is 0 Å². The Morgan fingerprint density at radius 2 is 1.57 bits per heavy atom. The van der Waals surface area contributed by atoms with Crippen molar-refractivity contribution in [3.05, 3.63) is 29.3 Å². The Hall–Kier alpha value is -1.02. The maximum Gasteiger partial charge on any atom is 0.153 e. The molecular formula is C12H19NO. The van der Waals surface area contributed by atoms with Gasteiger partial charge in [-0.2, -0.15) is 0 Å². The third kappa shape index (κ3) is 2.48. The first kappa shape index (κ1) is 11.1. The monoisotopic (exact) mass is 193 g/mol. The van der Waals surface area contributed by atoms with Crippen molar-refractivity contribution in [3.63, 3.8) is 0 Å². The molecule has 0 aliphatic carbocycles. The lowest BCUT2D eigenvalue weighted by Crippen LogP contribution is -2.27. The van der Waals surface area contributed by atoms with Gasteiger partial charge in [-0.1, -0.05) is 18.2 Å². The van der Waals surface area contributed by atoms with Gasteiger partial charge in [0.05, 0.1) is 0 Å². The number of hydroxylamine groups is 2. The quantitative estimate of drug-likeness (QED) is 0.682. The largest absolute Gasteiger partial charge is 0.405 e. The predicted molar refractivity (Wildman–Crippen MR) is 59.5 cm³/mol. The van der Waals surface area contributed by atoms with E-state index in [0.29, 0.717) is 0 Å². The predicted octanol–water partition coefficient (Wildman–Crippen LogP) is 2.94. The third-order valence-corrected chi connectivity index (χ3v) is 2.33. The fraction of sp³-hybridized carbons (Fsp3) is 0.500. The topological polar surface area (TPSA) is 12.5 Å². The van der Waals surface area contributed by atoms with E-state index in [1.54, 1.807) is 0 Å². The van der Waals surface area contributed by atoms with Crippen molar-refractivity contribution in [1.82, 2.24) is 5.06 Å². The summed E-state index contributed by atoms with van der Waals surface area (Å²) in [7, 11) is 0. The van der Waals surface area contributed by atoms with Gasteiger partial charge in [0, 0.05) is 13.1 Å². The summed E-state index contributed by atoms with van der Waals surface area (Å²) in [6.45, 7) is 10.2. The maximum atomic E-state index is 5.81. The van der Waals surface area contributed by atoms with Crippen LogP contribution in [-0.4, -0.2) is 18.2 Å². The highest BCUT2D eigenvalue weighted by molar-refractivity contribution is 5.39. The second kappa shape index (κ2) is 5.01. The summed E-state index contributed by atoms with van der Waals surface area (Å²) in [5.41, 5.74) is 2.38. The lowest BCUT2D eigenvalue weighted by molar-refractivity contribution is -0.0498. The molecule has 14 heavy (non-hydrogen) atoms. The van der Waals surface area contributed by atoms with E-state index in [1.807, 2.05) is 5.06 Å². The second-order valence-electron chi connectivity index (χ2n) is 3.43. The van der Waals surface area contributed by atoms with Crippen LogP contribution >= 0.6 is 0 Å². The Morgan fingerprint density at radius 1 is 1.07 bits per heavy atom. The Balaban J connectivity index is 2.84. The lowest BCUT2D eigenvalue weighted by atomic mass is 10.1. The Bertz CT molecular complexity index is 272. The standard InChI is InChI=1S/C12H19NO/c1-5-13(6-2)14-12-10(3)8-7-9-11(12)4/h7-9H,5-6H2,1-4H3. The van der Waals surface area contributed by atoms with Crippen LogP contribution in [0, 0.1) is 13.8 Å². The molecule has 0 fully saturated rings. The first-order valence-electron chi connectivity index (χ1n) is 5.18. The summed E-state index contributed by atoms with van der Waals surface area (Å²) in [5.74, 6) is 0.996. The average molecular weight is 193 g/mol. The van der Waals surface area contributed by atoms with Gasteiger partial charge in [-0.05, 0) is 38.8 Å². The Kier molecular flexibility index (Phi) is 3.96. The van der Waals surface area contributed by atoms with Crippen molar-refractivity contribution in [2.45, 2.75) is 27.7 Å². The number of para-hydroxylation sites is 1. The lowest BCUT2D eigenvalue weighted by Gasteiger charge is -2.21. The van der Waals surface area contributed by atoms with Crippen molar-refractivity contribution in [2.75, 3.05) is 13.1 Å². The summed E-state index contributed by atoms with van der Waals surface area (Å²) in [6.07, 6.45) is 0. The summed E-state index contributed by atoms with van der Waals surface area (Å²) in [4.78, 5) is 5.81. The fourth-order valence-electron chi connectivity index (χ4n) is 1.42. The molecule has 0 bridgehead atoms. The fourth-order valence-corrected chi connectivity index (χ4v) is 1.42. The molecule has 0 aliphatic rings. The number of hydrogen-bond acceptors (Lipinski definition) is 2. The van der Waals surface area contributed by atoms with Crippen LogP contribution in [0.25, 0.3) is 0 Å². The highest BCUT2D eigenvalue weighted by Gasteiger charge is 2.07. The van der Waals surface area contributed by atoms with E-state index < -0.39 is 0 Å². The molecule has 0 atom stereocenters. The maximum absolute atomic E-state index is 5.81. The van der Waals surface area contributed by atoms with Gasteiger partial charge in [-0.3, -0.25) is 0 Å². The summed E-state index contributed by atoms with van der Waals surface area (Å²) < 4.78 is 0. The van der Waals surface area contributed by atoms with E-state index in [1.165, 1.54) is 11.1 Å². The smallest absolute Gasteiger partial charge is 0.153 e. The van der Waals surface area contributed by atoms with Crippen LogP contribution in [0.15, 0.2) is 18.2 Å². The van der Waals surface area contributed by atoms with Gasteiger partial charge in [0.15, 0.2) is 5.75 Å². The number of benzene rings is 1. The SMILES string of the molecule is CCN(CC)Oc1c(C)cccc1C. The molecule has 0 amide bonds. The van der Waals surface area contributed by atoms with Gasteiger partial charge in [0.25, 0.3) is 0 Å². The van der Waals surface area contributed by atoms with Gasteiger partial charge in [0.1, 0.15) is 0 Å². The van der Waals surface area contributed by atoms with E-state index in [4.69, 9.17) is 4.84 Å². The summed E-state index contributed by atoms with van der Waals surface area (Å²) >= 11 is 0. The molecule has 0 radical (unpaired) electrons. The molecule has 1 aromatic carbocycles. The Morgan fingerprint density at radius 3 is 2.00 bits per heavy atom. The van der Waals surface area contributed by atoms with Crippen LogP contribution < -0.4 is 4.84 Å². The third-order valence-electron chi connectivity index (χ3n) is 2.33. The van der Waals surface area contributed by atoms with Gasteiger partial charge in [-0.25, -0.2) is 0 Å². The van der Waals surface area contributed by atoms with E-state index in [2.05, 4.69) is 45.9 Å². The number of hydrogen-bond donors (Lipinski definition) is 0. The Labute approximate surface area is 86.4 Å². The molecular weight excluding hydrogens is 174 g/mol. The van der Waals surface area contributed by atoms with Gasteiger partial charge in [-0.15, -0.1) is 5.06 Å².